The number of rotatable bonds is 0. The van der Waals surface area contributed by atoms with Crippen LogP contribution in [0.2, 0.25) is 0 Å². The molecule has 2 N–H and O–H groups in total. The van der Waals surface area contributed by atoms with Crippen molar-refractivity contribution in [3.05, 3.63) is 30.5 Å². The minimum atomic E-state index is 0.843. The van der Waals surface area contributed by atoms with Crippen LogP contribution in [0.25, 0.3) is 10.9 Å². The Morgan fingerprint density at radius 3 is 2.46 bits per heavy atom. The molecule has 0 saturated heterocycles. The number of hydrogen-bond acceptors (Lipinski definition) is 1. The van der Waals surface area contributed by atoms with Gasteiger partial charge in [-0.3, -0.25) is 0 Å². The molecule has 0 aliphatic carbocycles. The summed E-state index contributed by atoms with van der Waals surface area (Å²) >= 11 is 0. The Kier molecular flexibility index (Phi) is 2.96. The molecule has 0 amide bonds. The highest BCUT2D eigenvalue weighted by Gasteiger charge is 1.98. The zero-order valence-corrected chi connectivity index (χ0v) is 8.41. The summed E-state index contributed by atoms with van der Waals surface area (Å²) in [5.41, 5.74) is 7.74. The second-order valence-electron chi connectivity index (χ2n) is 2.71. The topological polar surface area (TPSA) is 30.9 Å². The molecule has 1 aromatic heterocycles. The lowest BCUT2D eigenvalue weighted by Gasteiger charge is -1.98. The number of nitrogen functional groups attached to an aromatic ring is 1. The highest BCUT2D eigenvalue weighted by Crippen LogP contribution is 2.20. The van der Waals surface area contributed by atoms with Crippen LogP contribution in [0, 0.1) is 0 Å². The van der Waals surface area contributed by atoms with E-state index in [-0.39, 0.29) is 0 Å². The number of hydrogen-bond donors (Lipinski definition) is 1. The fourth-order valence-corrected chi connectivity index (χ4v) is 1.39. The average Bonchev–Trinajstić information content (AvgIpc) is 2.53. The summed E-state index contributed by atoms with van der Waals surface area (Å²) in [4.78, 5) is 0. The molecular formula is C11H16N2. The molecule has 0 saturated carbocycles. The van der Waals surface area contributed by atoms with Crippen LogP contribution in [-0.2, 0) is 7.05 Å². The van der Waals surface area contributed by atoms with Crippen LogP contribution in [0.1, 0.15) is 13.8 Å². The van der Waals surface area contributed by atoms with Crippen molar-refractivity contribution in [2.75, 3.05) is 5.73 Å². The molecule has 2 aromatic rings. The Balaban J connectivity index is 0.000000396. The van der Waals surface area contributed by atoms with Crippen molar-refractivity contribution in [1.82, 2.24) is 4.57 Å². The predicted molar refractivity (Wildman–Crippen MR) is 58.7 cm³/mol. The van der Waals surface area contributed by atoms with Gasteiger partial charge >= 0.3 is 0 Å². The highest BCUT2D eigenvalue weighted by molar-refractivity contribution is 5.90. The maximum Gasteiger partial charge on any atom is 0.0711 e. The Morgan fingerprint density at radius 2 is 1.85 bits per heavy atom. The van der Waals surface area contributed by atoms with Crippen molar-refractivity contribution in [3.8, 4) is 0 Å². The first-order chi connectivity index (χ1) is 6.29. The maximum absolute atomic E-state index is 5.78. The van der Waals surface area contributed by atoms with E-state index in [2.05, 4.69) is 12.1 Å². The highest BCUT2D eigenvalue weighted by atomic mass is 14.9. The van der Waals surface area contributed by atoms with Crippen LogP contribution in [0.4, 0.5) is 5.69 Å². The van der Waals surface area contributed by atoms with Gasteiger partial charge in [0.1, 0.15) is 0 Å². The number of aromatic nitrogens is 1. The van der Waals surface area contributed by atoms with Gasteiger partial charge in [0.05, 0.1) is 11.2 Å². The first-order valence-corrected chi connectivity index (χ1v) is 4.58. The van der Waals surface area contributed by atoms with Crippen LogP contribution in [-0.4, -0.2) is 4.57 Å². The number of aryl methyl sites for hydroxylation is 1. The van der Waals surface area contributed by atoms with Gasteiger partial charge in [-0.2, -0.15) is 0 Å². The number of fused-ring (bicyclic) bond motifs is 1. The largest absolute Gasteiger partial charge is 0.397 e. The summed E-state index contributed by atoms with van der Waals surface area (Å²) in [7, 11) is 2.00. The molecular weight excluding hydrogens is 160 g/mol. The van der Waals surface area contributed by atoms with Gasteiger partial charge in [0.2, 0.25) is 0 Å². The van der Waals surface area contributed by atoms with Crippen molar-refractivity contribution < 1.29 is 0 Å². The SMILES string of the molecule is CC.Cn1ccc2cccc(N)c21. The van der Waals surface area contributed by atoms with E-state index < -0.39 is 0 Å². The third kappa shape index (κ3) is 1.66. The first kappa shape index (κ1) is 9.65. The fourth-order valence-electron chi connectivity index (χ4n) is 1.39. The van der Waals surface area contributed by atoms with E-state index in [0.717, 1.165) is 11.2 Å². The van der Waals surface area contributed by atoms with Gasteiger partial charge in [0, 0.05) is 18.6 Å². The number of anilines is 1. The molecule has 2 rings (SSSR count). The summed E-state index contributed by atoms with van der Waals surface area (Å²) in [5, 5.41) is 1.20. The molecule has 1 aromatic carbocycles. The fraction of sp³-hybridized carbons (Fsp3) is 0.273. The lowest BCUT2D eigenvalue weighted by atomic mass is 10.2. The zero-order valence-electron chi connectivity index (χ0n) is 8.41. The summed E-state index contributed by atoms with van der Waals surface area (Å²) in [6, 6.07) is 8.01. The van der Waals surface area contributed by atoms with Crippen molar-refractivity contribution in [2.45, 2.75) is 13.8 Å². The van der Waals surface area contributed by atoms with Crippen molar-refractivity contribution in [2.24, 2.45) is 7.05 Å². The number of nitrogens with zero attached hydrogens (tertiary/aromatic N) is 1. The van der Waals surface area contributed by atoms with Gasteiger partial charge in [-0.1, -0.05) is 26.0 Å². The second-order valence-corrected chi connectivity index (χ2v) is 2.71. The van der Waals surface area contributed by atoms with Gasteiger partial charge in [-0.25, -0.2) is 0 Å². The van der Waals surface area contributed by atoms with Gasteiger partial charge in [-0.15, -0.1) is 0 Å². The Morgan fingerprint density at radius 1 is 1.15 bits per heavy atom. The smallest absolute Gasteiger partial charge is 0.0711 e. The molecule has 0 bridgehead atoms. The summed E-state index contributed by atoms with van der Waals surface area (Å²) < 4.78 is 2.03. The molecule has 0 atom stereocenters. The normalized spacial score (nSPS) is 9.46. The van der Waals surface area contributed by atoms with Crippen molar-refractivity contribution in [1.29, 1.82) is 0 Å². The summed E-state index contributed by atoms with van der Waals surface area (Å²) in [6.07, 6.45) is 2.01. The molecule has 1 heterocycles. The number of para-hydroxylation sites is 1. The lowest BCUT2D eigenvalue weighted by Crippen LogP contribution is -1.91. The summed E-state index contributed by atoms with van der Waals surface area (Å²) in [6.45, 7) is 4.00. The molecule has 0 aliphatic rings. The van der Waals surface area contributed by atoms with Gasteiger partial charge in [0.15, 0.2) is 0 Å². The van der Waals surface area contributed by atoms with Crippen molar-refractivity contribution >= 4 is 16.6 Å². The number of nitrogens with two attached hydrogens (primary N) is 1. The predicted octanol–water partition coefficient (Wildman–Crippen LogP) is 2.79. The minimum absolute atomic E-state index is 0.843. The Bertz CT molecular complexity index is 388. The van der Waals surface area contributed by atoms with Crippen LogP contribution >= 0.6 is 0 Å². The van der Waals surface area contributed by atoms with E-state index in [0.29, 0.717) is 0 Å². The first-order valence-electron chi connectivity index (χ1n) is 4.58. The van der Waals surface area contributed by atoms with Gasteiger partial charge in [0.25, 0.3) is 0 Å². The van der Waals surface area contributed by atoms with E-state index in [4.69, 9.17) is 5.73 Å². The molecule has 0 aliphatic heterocycles. The third-order valence-electron chi connectivity index (χ3n) is 1.93. The van der Waals surface area contributed by atoms with E-state index >= 15 is 0 Å². The zero-order chi connectivity index (χ0) is 9.84. The second kappa shape index (κ2) is 3.99. The van der Waals surface area contributed by atoms with Crippen LogP contribution < -0.4 is 5.73 Å². The monoisotopic (exact) mass is 176 g/mol. The lowest BCUT2D eigenvalue weighted by molar-refractivity contribution is 0.970. The Hall–Kier alpha value is -1.44. The Labute approximate surface area is 79.0 Å². The van der Waals surface area contributed by atoms with Gasteiger partial charge in [-0.05, 0) is 12.1 Å². The van der Waals surface area contributed by atoms with Crippen LogP contribution in [0.15, 0.2) is 30.5 Å². The molecule has 0 unspecified atom stereocenters. The van der Waals surface area contributed by atoms with E-state index in [1.165, 1.54) is 5.39 Å². The molecule has 70 valence electrons. The molecule has 2 nitrogen and oxygen atoms in total. The maximum atomic E-state index is 5.78. The molecule has 2 heteroatoms. The standard InChI is InChI=1S/C9H10N2.C2H6/c1-11-6-5-7-3-2-4-8(10)9(7)11;1-2/h2-6H,10H2,1H3;1-2H3. The third-order valence-corrected chi connectivity index (χ3v) is 1.93. The molecule has 13 heavy (non-hydrogen) atoms. The molecule has 0 radical (unpaired) electrons. The minimum Gasteiger partial charge on any atom is -0.397 e. The van der Waals surface area contributed by atoms with E-state index in [1.807, 2.05) is 43.8 Å². The molecule has 0 fully saturated rings. The number of benzene rings is 1. The average molecular weight is 176 g/mol. The quantitative estimate of drug-likeness (QED) is 0.615. The van der Waals surface area contributed by atoms with E-state index in [1.54, 1.807) is 0 Å². The summed E-state index contributed by atoms with van der Waals surface area (Å²) in [5.74, 6) is 0. The van der Waals surface area contributed by atoms with Crippen LogP contribution in [0.3, 0.4) is 0 Å². The van der Waals surface area contributed by atoms with Crippen molar-refractivity contribution in [3.63, 3.8) is 0 Å². The molecule has 0 spiro atoms. The van der Waals surface area contributed by atoms with Gasteiger partial charge < -0.3 is 10.3 Å². The van der Waals surface area contributed by atoms with E-state index in [9.17, 15) is 0 Å². The van der Waals surface area contributed by atoms with Crippen LogP contribution in [0.5, 0.6) is 0 Å².